The highest BCUT2D eigenvalue weighted by Gasteiger charge is 2.23. The number of methoxy groups -OCH3 is 1. The molecule has 0 spiro atoms. The van der Waals surface area contributed by atoms with E-state index in [-0.39, 0.29) is 13.0 Å². The highest BCUT2D eigenvalue weighted by molar-refractivity contribution is 5.86. The molecule has 0 fully saturated rings. The van der Waals surface area contributed by atoms with E-state index >= 15 is 0 Å². The van der Waals surface area contributed by atoms with E-state index in [1.54, 1.807) is 32.9 Å². The van der Waals surface area contributed by atoms with Gasteiger partial charge in [0.15, 0.2) is 0 Å². The highest BCUT2D eigenvalue weighted by atomic mass is 16.6. The standard InChI is InChI=1S/C24H30N2O6/c1-16-13-18(11-12-19(16)25-23(29)32-24(2,3)4)14-20(21(27)30-5)26-22(28)31-15-17-9-7-6-8-10-17/h6-13,20H,14-15H2,1-5H3,(H,25,29)(H,26,28). The molecule has 0 saturated heterocycles. The number of hydrogen-bond acceptors (Lipinski definition) is 6. The second-order valence-electron chi connectivity index (χ2n) is 8.26. The molecule has 2 N–H and O–H groups in total. The molecule has 2 aromatic carbocycles. The van der Waals surface area contributed by atoms with E-state index in [0.717, 1.165) is 16.7 Å². The monoisotopic (exact) mass is 442 g/mol. The van der Waals surface area contributed by atoms with Crippen molar-refractivity contribution in [2.24, 2.45) is 0 Å². The fourth-order valence-electron chi connectivity index (χ4n) is 2.88. The minimum Gasteiger partial charge on any atom is -0.467 e. The molecule has 2 amide bonds. The zero-order valence-corrected chi connectivity index (χ0v) is 19.1. The summed E-state index contributed by atoms with van der Waals surface area (Å²) in [6.07, 6.45) is -1.08. The maximum atomic E-state index is 12.2. The molecule has 0 bridgehead atoms. The van der Waals surface area contributed by atoms with Crippen molar-refractivity contribution >= 4 is 23.8 Å². The normalized spacial score (nSPS) is 11.8. The molecule has 2 aromatic rings. The summed E-state index contributed by atoms with van der Waals surface area (Å²) in [5.41, 5.74) is 2.38. The molecule has 0 heterocycles. The Morgan fingerprint density at radius 1 is 0.969 bits per heavy atom. The van der Waals surface area contributed by atoms with Crippen LogP contribution in [0.2, 0.25) is 0 Å². The number of aryl methyl sites for hydroxylation is 1. The number of anilines is 1. The summed E-state index contributed by atoms with van der Waals surface area (Å²) in [5.74, 6) is -0.588. The number of hydrogen-bond donors (Lipinski definition) is 2. The van der Waals surface area contributed by atoms with Crippen LogP contribution in [0.15, 0.2) is 48.5 Å². The molecule has 172 valence electrons. The lowest BCUT2D eigenvalue weighted by Crippen LogP contribution is -2.43. The zero-order valence-electron chi connectivity index (χ0n) is 19.1. The minimum atomic E-state index is -0.924. The number of rotatable bonds is 7. The Morgan fingerprint density at radius 2 is 1.66 bits per heavy atom. The number of alkyl carbamates (subject to hydrolysis) is 1. The average Bonchev–Trinajstić information content (AvgIpc) is 2.72. The van der Waals surface area contributed by atoms with E-state index in [0.29, 0.717) is 5.69 Å². The molecule has 32 heavy (non-hydrogen) atoms. The van der Waals surface area contributed by atoms with Gasteiger partial charge in [0.1, 0.15) is 18.2 Å². The Kier molecular flexibility index (Phi) is 8.63. The van der Waals surface area contributed by atoms with Gasteiger partial charge in [-0.2, -0.15) is 0 Å². The van der Waals surface area contributed by atoms with Crippen molar-refractivity contribution in [1.82, 2.24) is 5.32 Å². The summed E-state index contributed by atoms with van der Waals surface area (Å²) in [6, 6.07) is 13.6. The van der Waals surface area contributed by atoms with E-state index in [1.807, 2.05) is 43.3 Å². The van der Waals surface area contributed by atoms with Crippen LogP contribution in [0.1, 0.15) is 37.5 Å². The van der Waals surface area contributed by atoms with Crippen LogP contribution in [0.25, 0.3) is 0 Å². The first kappa shape index (κ1) is 24.7. The lowest BCUT2D eigenvalue weighted by Gasteiger charge is -2.20. The molecule has 1 atom stereocenters. The maximum absolute atomic E-state index is 12.2. The predicted molar refractivity (Wildman–Crippen MR) is 120 cm³/mol. The summed E-state index contributed by atoms with van der Waals surface area (Å²) >= 11 is 0. The molecule has 0 radical (unpaired) electrons. The van der Waals surface area contributed by atoms with E-state index in [1.165, 1.54) is 7.11 Å². The Morgan fingerprint density at radius 3 is 2.25 bits per heavy atom. The van der Waals surface area contributed by atoms with E-state index in [4.69, 9.17) is 14.2 Å². The molecule has 8 nitrogen and oxygen atoms in total. The van der Waals surface area contributed by atoms with Gasteiger partial charge in [-0.3, -0.25) is 5.32 Å². The number of esters is 1. The fraction of sp³-hybridized carbons (Fsp3) is 0.375. The molecule has 0 aliphatic heterocycles. The molecule has 0 aliphatic rings. The second-order valence-corrected chi connectivity index (χ2v) is 8.26. The third-order valence-corrected chi connectivity index (χ3v) is 4.36. The van der Waals surface area contributed by atoms with Crippen LogP contribution in [-0.2, 0) is 32.0 Å². The Hall–Kier alpha value is -3.55. The van der Waals surface area contributed by atoms with Crippen molar-refractivity contribution in [2.75, 3.05) is 12.4 Å². The van der Waals surface area contributed by atoms with Gasteiger partial charge in [0.2, 0.25) is 0 Å². The number of amides is 2. The van der Waals surface area contributed by atoms with E-state index < -0.39 is 29.8 Å². The van der Waals surface area contributed by atoms with Crippen LogP contribution >= 0.6 is 0 Å². The molecule has 0 saturated carbocycles. The van der Waals surface area contributed by atoms with Gasteiger partial charge < -0.3 is 19.5 Å². The third-order valence-electron chi connectivity index (χ3n) is 4.36. The topological polar surface area (TPSA) is 103 Å². The van der Waals surface area contributed by atoms with Crippen LogP contribution in [-0.4, -0.2) is 36.9 Å². The number of ether oxygens (including phenoxy) is 3. The Balaban J connectivity index is 2.00. The fourth-order valence-corrected chi connectivity index (χ4v) is 2.88. The van der Waals surface area contributed by atoms with Crippen LogP contribution in [0.4, 0.5) is 15.3 Å². The number of carbonyl (C=O) groups excluding carboxylic acids is 3. The van der Waals surface area contributed by atoms with Crippen molar-refractivity contribution in [3.63, 3.8) is 0 Å². The first-order valence-corrected chi connectivity index (χ1v) is 10.2. The zero-order chi connectivity index (χ0) is 23.7. The quantitative estimate of drug-likeness (QED) is 0.488. The molecule has 0 aliphatic carbocycles. The number of benzene rings is 2. The summed E-state index contributed by atoms with van der Waals surface area (Å²) in [6.45, 7) is 7.27. The Bertz CT molecular complexity index is 937. The Labute approximate surface area is 188 Å². The van der Waals surface area contributed by atoms with E-state index in [2.05, 4.69) is 10.6 Å². The van der Waals surface area contributed by atoms with E-state index in [9.17, 15) is 14.4 Å². The number of carbonyl (C=O) groups is 3. The van der Waals surface area contributed by atoms with Gasteiger partial charge in [-0.05, 0) is 50.5 Å². The molecular formula is C24H30N2O6. The van der Waals surface area contributed by atoms with Crippen LogP contribution in [0, 0.1) is 6.92 Å². The first-order chi connectivity index (χ1) is 15.1. The van der Waals surface area contributed by atoms with Crippen LogP contribution in [0.3, 0.4) is 0 Å². The van der Waals surface area contributed by atoms with Gasteiger partial charge in [0, 0.05) is 12.1 Å². The largest absolute Gasteiger partial charge is 0.467 e. The summed E-state index contributed by atoms with van der Waals surface area (Å²) < 4.78 is 15.3. The lowest BCUT2D eigenvalue weighted by molar-refractivity contribution is -0.143. The van der Waals surface area contributed by atoms with Crippen molar-refractivity contribution < 1.29 is 28.6 Å². The lowest BCUT2D eigenvalue weighted by atomic mass is 10.0. The summed E-state index contributed by atoms with van der Waals surface area (Å²) in [7, 11) is 1.26. The van der Waals surface area contributed by atoms with Crippen molar-refractivity contribution in [3.05, 3.63) is 65.2 Å². The summed E-state index contributed by atoms with van der Waals surface area (Å²) in [4.78, 5) is 36.4. The SMILES string of the molecule is COC(=O)C(Cc1ccc(NC(=O)OC(C)(C)C)c(C)c1)NC(=O)OCc1ccccc1. The molecule has 0 aromatic heterocycles. The maximum Gasteiger partial charge on any atom is 0.412 e. The van der Waals surface area contributed by atoms with Gasteiger partial charge >= 0.3 is 18.2 Å². The van der Waals surface area contributed by atoms with Crippen LogP contribution in [0.5, 0.6) is 0 Å². The van der Waals surface area contributed by atoms with Gasteiger partial charge in [-0.15, -0.1) is 0 Å². The molecule has 1 unspecified atom stereocenters. The highest BCUT2D eigenvalue weighted by Crippen LogP contribution is 2.19. The average molecular weight is 443 g/mol. The van der Waals surface area contributed by atoms with Gasteiger partial charge in [0.25, 0.3) is 0 Å². The molecular weight excluding hydrogens is 412 g/mol. The third kappa shape index (κ3) is 8.29. The predicted octanol–water partition coefficient (Wildman–Crippen LogP) is 4.35. The second kappa shape index (κ2) is 11.2. The van der Waals surface area contributed by atoms with Gasteiger partial charge in [0.05, 0.1) is 7.11 Å². The van der Waals surface area contributed by atoms with Crippen molar-refractivity contribution in [3.8, 4) is 0 Å². The van der Waals surface area contributed by atoms with Gasteiger partial charge in [-0.25, -0.2) is 14.4 Å². The van der Waals surface area contributed by atoms with Gasteiger partial charge in [-0.1, -0.05) is 42.5 Å². The smallest absolute Gasteiger partial charge is 0.412 e. The number of nitrogens with one attached hydrogen (secondary N) is 2. The molecule has 2 rings (SSSR count). The first-order valence-electron chi connectivity index (χ1n) is 10.2. The van der Waals surface area contributed by atoms with Crippen molar-refractivity contribution in [1.29, 1.82) is 0 Å². The summed E-state index contributed by atoms with van der Waals surface area (Å²) in [5, 5.41) is 5.26. The van der Waals surface area contributed by atoms with Crippen LogP contribution < -0.4 is 10.6 Å². The minimum absolute atomic E-state index is 0.0880. The van der Waals surface area contributed by atoms with Crippen molar-refractivity contribution in [2.45, 2.75) is 52.4 Å². The molecule has 8 heteroatoms.